The quantitative estimate of drug-likeness (QED) is 0.283. The number of nitrogens with one attached hydrogen (secondary N) is 2. The van der Waals surface area contributed by atoms with Crippen LogP contribution in [0.25, 0.3) is 0 Å². The monoisotopic (exact) mass is 554 g/mol. The highest BCUT2D eigenvalue weighted by molar-refractivity contribution is 14.0. The summed E-state index contributed by atoms with van der Waals surface area (Å²) in [5.74, 6) is 0.844. The van der Waals surface area contributed by atoms with Gasteiger partial charge < -0.3 is 15.4 Å². The molecule has 1 aromatic carbocycles. The van der Waals surface area contributed by atoms with Crippen molar-refractivity contribution in [1.82, 2.24) is 25.3 Å². The molecule has 1 aliphatic heterocycles. The maximum Gasteiger partial charge on any atom is 0.191 e. The molecule has 7 nitrogen and oxygen atoms in total. The van der Waals surface area contributed by atoms with Crippen LogP contribution in [0.15, 0.2) is 29.3 Å². The highest BCUT2D eigenvalue weighted by Gasteiger charge is 2.15. The molecule has 0 amide bonds. The molecule has 1 saturated heterocycles. The van der Waals surface area contributed by atoms with Crippen molar-refractivity contribution in [2.75, 3.05) is 32.8 Å². The fourth-order valence-electron chi connectivity index (χ4n) is 4.14. The number of halogens is 1. The number of aromatic nitrogens is 2. The molecule has 0 bridgehead atoms. The summed E-state index contributed by atoms with van der Waals surface area (Å²) in [4.78, 5) is 7.35. The zero-order valence-corrected chi connectivity index (χ0v) is 22.3. The Kier molecular flexibility index (Phi) is 11.5. The van der Waals surface area contributed by atoms with Gasteiger partial charge in [-0.2, -0.15) is 5.10 Å². The molecular formula is C24H39IN6O. The second-order valence-electron chi connectivity index (χ2n) is 7.91. The Morgan fingerprint density at radius 2 is 1.78 bits per heavy atom. The first-order valence-electron chi connectivity index (χ1n) is 11.6. The Bertz CT molecular complexity index is 860. The molecule has 178 valence electrons. The van der Waals surface area contributed by atoms with E-state index in [1.54, 1.807) is 0 Å². The number of guanidine groups is 1. The molecule has 0 atom stereocenters. The Balaban J connectivity index is 0.00000363. The minimum absolute atomic E-state index is 0. The maximum absolute atomic E-state index is 5.49. The van der Waals surface area contributed by atoms with Crippen molar-refractivity contribution in [2.45, 2.75) is 53.2 Å². The van der Waals surface area contributed by atoms with Crippen molar-refractivity contribution in [2.24, 2.45) is 12.0 Å². The molecule has 0 spiro atoms. The number of aryl methyl sites for hydroxylation is 2. The lowest BCUT2D eigenvalue weighted by Crippen LogP contribution is -2.37. The first-order valence-corrected chi connectivity index (χ1v) is 11.6. The molecule has 0 aliphatic carbocycles. The van der Waals surface area contributed by atoms with Crippen LogP contribution in [0.4, 0.5) is 0 Å². The van der Waals surface area contributed by atoms with Gasteiger partial charge in [-0.05, 0) is 30.9 Å². The van der Waals surface area contributed by atoms with Gasteiger partial charge in [0, 0.05) is 51.0 Å². The molecule has 2 heterocycles. The summed E-state index contributed by atoms with van der Waals surface area (Å²) in [5, 5.41) is 11.6. The maximum atomic E-state index is 5.49. The molecule has 0 radical (unpaired) electrons. The van der Waals surface area contributed by atoms with Gasteiger partial charge in [-0.1, -0.05) is 38.1 Å². The number of aliphatic imine (C=N–C) groups is 1. The van der Waals surface area contributed by atoms with Crippen LogP contribution in [0.1, 0.15) is 48.8 Å². The first kappa shape index (κ1) is 26.6. The van der Waals surface area contributed by atoms with E-state index in [9.17, 15) is 0 Å². The van der Waals surface area contributed by atoms with Crippen molar-refractivity contribution >= 4 is 29.9 Å². The standard InChI is InChI=1S/C24H38N6O.HI/c1-5-22-21(23(6-2)29(4)28-22)17-27-24(25-7-3)26-16-19-10-8-9-11-20(19)18-30-12-14-31-15-13-30;/h8-11H,5-7,12-18H2,1-4H3,(H2,25,26,27);1H. The molecule has 8 heteroatoms. The van der Waals surface area contributed by atoms with Gasteiger partial charge in [0.25, 0.3) is 0 Å². The largest absolute Gasteiger partial charge is 0.379 e. The third-order valence-electron chi connectivity index (χ3n) is 5.83. The average molecular weight is 555 g/mol. The van der Waals surface area contributed by atoms with Crippen molar-refractivity contribution in [1.29, 1.82) is 0 Å². The van der Waals surface area contributed by atoms with Crippen molar-refractivity contribution < 1.29 is 4.74 Å². The molecule has 2 aromatic rings. The van der Waals surface area contributed by atoms with E-state index in [1.807, 2.05) is 11.7 Å². The van der Waals surface area contributed by atoms with Crippen LogP contribution >= 0.6 is 24.0 Å². The Morgan fingerprint density at radius 3 is 2.44 bits per heavy atom. The van der Waals surface area contributed by atoms with Crippen LogP contribution in [0.5, 0.6) is 0 Å². The molecule has 1 fully saturated rings. The number of nitrogens with zero attached hydrogens (tertiary/aromatic N) is 4. The van der Waals surface area contributed by atoms with E-state index >= 15 is 0 Å². The summed E-state index contributed by atoms with van der Waals surface area (Å²) in [6.45, 7) is 13.3. The highest BCUT2D eigenvalue weighted by atomic mass is 127. The summed E-state index contributed by atoms with van der Waals surface area (Å²) >= 11 is 0. The second kappa shape index (κ2) is 13.8. The minimum atomic E-state index is 0. The number of hydrogen-bond donors (Lipinski definition) is 2. The van der Waals surface area contributed by atoms with Crippen LogP contribution in [-0.4, -0.2) is 53.5 Å². The first-order chi connectivity index (χ1) is 15.2. The molecule has 32 heavy (non-hydrogen) atoms. The van der Waals surface area contributed by atoms with Crippen LogP contribution in [0.2, 0.25) is 0 Å². The number of rotatable bonds is 9. The smallest absolute Gasteiger partial charge is 0.191 e. The van der Waals surface area contributed by atoms with Gasteiger partial charge in [0.2, 0.25) is 0 Å². The van der Waals surface area contributed by atoms with E-state index in [-0.39, 0.29) is 24.0 Å². The number of morpholine rings is 1. The van der Waals surface area contributed by atoms with Crippen LogP contribution in [0.3, 0.4) is 0 Å². The van der Waals surface area contributed by atoms with Gasteiger partial charge in [0.1, 0.15) is 0 Å². The van der Waals surface area contributed by atoms with Gasteiger partial charge in [-0.15, -0.1) is 24.0 Å². The molecule has 3 rings (SSSR count). The Morgan fingerprint density at radius 1 is 1.06 bits per heavy atom. The molecule has 2 N–H and O–H groups in total. The fraction of sp³-hybridized carbons (Fsp3) is 0.583. The normalized spacial score (nSPS) is 14.8. The highest BCUT2D eigenvalue weighted by Crippen LogP contribution is 2.16. The summed E-state index contributed by atoms with van der Waals surface area (Å²) < 4.78 is 7.50. The zero-order chi connectivity index (χ0) is 22.1. The van der Waals surface area contributed by atoms with Gasteiger partial charge in [-0.25, -0.2) is 4.99 Å². The fourth-order valence-corrected chi connectivity index (χ4v) is 4.14. The number of ether oxygens (including phenoxy) is 1. The van der Waals surface area contributed by atoms with E-state index in [4.69, 9.17) is 9.73 Å². The van der Waals surface area contributed by atoms with E-state index < -0.39 is 0 Å². The molecule has 1 aromatic heterocycles. The molecular weight excluding hydrogens is 515 g/mol. The minimum Gasteiger partial charge on any atom is -0.379 e. The Labute approximate surface area is 210 Å². The average Bonchev–Trinajstić information content (AvgIpc) is 3.11. The van der Waals surface area contributed by atoms with Crippen LogP contribution in [-0.2, 0) is 44.3 Å². The van der Waals surface area contributed by atoms with Crippen molar-refractivity contribution in [3.8, 4) is 0 Å². The van der Waals surface area contributed by atoms with Gasteiger partial charge in [0.05, 0.1) is 25.5 Å². The summed E-state index contributed by atoms with van der Waals surface area (Å²) in [5.41, 5.74) is 6.37. The molecule has 0 saturated carbocycles. The summed E-state index contributed by atoms with van der Waals surface area (Å²) in [6, 6.07) is 8.63. The third-order valence-corrected chi connectivity index (χ3v) is 5.83. The predicted molar refractivity (Wildman–Crippen MR) is 142 cm³/mol. The lowest BCUT2D eigenvalue weighted by atomic mass is 10.1. The summed E-state index contributed by atoms with van der Waals surface area (Å²) in [7, 11) is 2.03. The lowest BCUT2D eigenvalue weighted by Gasteiger charge is -2.27. The van der Waals surface area contributed by atoms with E-state index in [0.717, 1.165) is 64.7 Å². The van der Waals surface area contributed by atoms with E-state index in [2.05, 4.69) is 65.7 Å². The topological polar surface area (TPSA) is 66.7 Å². The lowest BCUT2D eigenvalue weighted by molar-refractivity contribution is 0.0341. The predicted octanol–water partition coefficient (Wildman–Crippen LogP) is 3.25. The molecule has 1 aliphatic rings. The SMILES string of the molecule is CCNC(=NCc1ccccc1CN1CCOCC1)NCc1c(CC)nn(C)c1CC.I. The van der Waals surface area contributed by atoms with Crippen molar-refractivity contribution in [3.63, 3.8) is 0 Å². The Hall–Kier alpha value is -1.65. The summed E-state index contributed by atoms with van der Waals surface area (Å²) in [6.07, 6.45) is 1.91. The van der Waals surface area contributed by atoms with Crippen molar-refractivity contribution in [3.05, 3.63) is 52.3 Å². The van der Waals surface area contributed by atoms with Gasteiger partial charge in [0.15, 0.2) is 5.96 Å². The number of benzene rings is 1. The van der Waals surface area contributed by atoms with Crippen LogP contribution in [0, 0.1) is 0 Å². The van der Waals surface area contributed by atoms with E-state index in [0.29, 0.717) is 6.54 Å². The number of hydrogen-bond acceptors (Lipinski definition) is 4. The third kappa shape index (κ3) is 7.18. The van der Waals surface area contributed by atoms with E-state index in [1.165, 1.54) is 28.1 Å². The van der Waals surface area contributed by atoms with Gasteiger partial charge in [-0.3, -0.25) is 9.58 Å². The second-order valence-corrected chi connectivity index (χ2v) is 7.91. The van der Waals surface area contributed by atoms with Gasteiger partial charge >= 0.3 is 0 Å². The zero-order valence-electron chi connectivity index (χ0n) is 20.0. The van der Waals surface area contributed by atoms with Crippen LogP contribution < -0.4 is 10.6 Å². The molecule has 0 unspecified atom stereocenters.